The number of esters is 3. The molecule has 2 rings (SSSR count). The van der Waals surface area contributed by atoms with Crippen molar-refractivity contribution in [1.82, 2.24) is 0 Å². The summed E-state index contributed by atoms with van der Waals surface area (Å²) in [7, 11) is 2.54. The maximum Gasteiger partial charge on any atom is 0.327 e. The molecular weight excluding hydrogens is 396 g/mol. The van der Waals surface area contributed by atoms with Crippen molar-refractivity contribution in [3.63, 3.8) is 0 Å². The monoisotopic (exact) mass is 432 g/mol. The predicted molar refractivity (Wildman–Crippen MR) is 117 cm³/mol. The van der Waals surface area contributed by atoms with Crippen LogP contribution < -0.4 is 0 Å². The first kappa shape index (κ1) is 24.9. The molecule has 6 nitrogen and oxygen atoms in total. The van der Waals surface area contributed by atoms with Gasteiger partial charge in [0, 0.05) is 17.6 Å². The molecule has 0 N–H and O–H groups in total. The van der Waals surface area contributed by atoms with Crippen LogP contribution in [0.3, 0.4) is 0 Å². The minimum absolute atomic E-state index is 0.234. The zero-order valence-electron chi connectivity index (χ0n) is 19.4. The second kappa shape index (κ2) is 11.3. The van der Waals surface area contributed by atoms with E-state index in [1.54, 1.807) is 13.0 Å². The summed E-state index contributed by atoms with van der Waals surface area (Å²) in [5.74, 6) is -1.60. The number of rotatable bonds is 8. The van der Waals surface area contributed by atoms with Crippen molar-refractivity contribution in [1.29, 1.82) is 0 Å². The molecule has 0 atom stereocenters. The quantitative estimate of drug-likeness (QED) is 0.177. The average molecular weight is 433 g/mol. The Balaban J connectivity index is 2.69. The third-order valence-electron chi connectivity index (χ3n) is 6.31. The smallest absolute Gasteiger partial charge is 0.327 e. The molecule has 0 saturated heterocycles. The summed E-state index contributed by atoms with van der Waals surface area (Å²) in [6, 6.07) is 0. The van der Waals surface area contributed by atoms with Crippen LogP contribution in [0.5, 0.6) is 0 Å². The Bertz CT molecular complexity index is 747. The minimum Gasteiger partial charge on any atom is -0.468 e. The van der Waals surface area contributed by atoms with Gasteiger partial charge in [-0.15, -0.1) is 5.73 Å². The van der Waals surface area contributed by atoms with Crippen LogP contribution in [0.2, 0.25) is 0 Å². The van der Waals surface area contributed by atoms with Crippen molar-refractivity contribution in [3.8, 4) is 0 Å². The molecule has 1 fully saturated rings. The second-order valence-corrected chi connectivity index (χ2v) is 8.36. The highest BCUT2D eigenvalue weighted by Crippen LogP contribution is 2.48. The summed E-state index contributed by atoms with van der Waals surface area (Å²) in [5, 5.41) is 0. The lowest BCUT2D eigenvalue weighted by atomic mass is 9.67. The molecule has 0 aromatic heterocycles. The van der Waals surface area contributed by atoms with Gasteiger partial charge in [-0.3, -0.25) is 14.4 Å². The van der Waals surface area contributed by atoms with Gasteiger partial charge in [0.15, 0.2) is 5.41 Å². The molecule has 6 heteroatoms. The van der Waals surface area contributed by atoms with Crippen molar-refractivity contribution in [2.24, 2.45) is 5.41 Å². The summed E-state index contributed by atoms with van der Waals surface area (Å²) >= 11 is 0. The first-order chi connectivity index (χ1) is 14.9. The van der Waals surface area contributed by atoms with Crippen molar-refractivity contribution in [2.75, 3.05) is 14.2 Å². The molecule has 0 bridgehead atoms. The molecule has 2 aliphatic carbocycles. The van der Waals surface area contributed by atoms with Gasteiger partial charge < -0.3 is 14.2 Å². The van der Waals surface area contributed by atoms with Crippen molar-refractivity contribution in [2.45, 2.75) is 90.1 Å². The van der Waals surface area contributed by atoms with E-state index in [4.69, 9.17) is 14.2 Å². The Morgan fingerprint density at radius 2 is 1.68 bits per heavy atom. The first-order valence-corrected chi connectivity index (χ1v) is 11.5. The largest absolute Gasteiger partial charge is 0.468 e. The zero-order chi connectivity index (χ0) is 22.9. The highest BCUT2D eigenvalue weighted by Gasteiger charge is 2.52. The SMILES string of the molecule is CCCCC=C=C1CCC(C(=O)OC)(C(=O)OC)C=C1C1(OC(=O)CC)CCCCC1. The maximum absolute atomic E-state index is 12.8. The predicted octanol–water partition coefficient (Wildman–Crippen LogP) is 4.97. The van der Waals surface area contributed by atoms with Crippen molar-refractivity contribution < 1.29 is 28.6 Å². The van der Waals surface area contributed by atoms with Gasteiger partial charge in [0.05, 0.1) is 14.2 Å². The van der Waals surface area contributed by atoms with Crippen LogP contribution in [-0.2, 0) is 28.6 Å². The van der Waals surface area contributed by atoms with Crippen LogP contribution in [0, 0.1) is 5.41 Å². The van der Waals surface area contributed by atoms with E-state index in [9.17, 15) is 14.4 Å². The second-order valence-electron chi connectivity index (χ2n) is 8.36. The molecule has 1 saturated carbocycles. The minimum atomic E-state index is -1.55. The van der Waals surface area contributed by atoms with Gasteiger partial charge in [0.2, 0.25) is 0 Å². The number of ether oxygens (including phenoxy) is 3. The number of hydrogen-bond acceptors (Lipinski definition) is 6. The van der Waals surface area contributed by atoms with E-state index < -0.39 is 23.0 Å². The lowest BCUT2D eigenvalue weighted by Gasteiger charge is -2.42. The average Bonchev–Trinajstić information content (AvgIpc) is 2.81. The van der Waals surface area contributed by atoms with E-state index in [0.29, 0.717) is 24.8 Å². The van der Waals surface area contributed by atoms with Crippen molar-refractivity contribution in [3.05, 3.63) is 29.0 Å². The Morgan fingerprint density at radius 3 is 2.23 bits per heavy atom. The van der Waals surface area contributed by atoms with Crippen LogP contribution in [-0.4, -0.2) is 37.7 Å². The highest BCUT2D eigenvalue weighted by atomic mass is 16.6. The van der Waals surface area contributed by atoms with E-state index in [1.807, 2.05) is 6.08 Å². The van der Waals surface area contributed by atoms with Crippen LogP contribution >= 0.6 is 0 Å². The normalized spacial score (nSPS) is 19.5. The van der Waals surface area contributed by atoms with Gasteiger partial charge in [0.1, 0.15) is 5.60 Å². The molecule has 0 aromatic carbocycles. The molecule has 0 spiro atoms. The fourth-order valence-electron chi connectivity index (χ4n) is 4.53. The summed E-state index contributed by atoms with van der Waals surface area (Å²) in [6.45, 7) is 3.90. The summed E-state index contributed by atoms with van der Waals surface area (Å²) in [4.78, 5) is 38.0. The number of hydrogen-bond donors (Lipinski definition) is 0. The molecule has 172 valence electrons. The van der Waals surface area contributed by atoms with Crippen LogP contribution in [0.25, 0.3) is 0 Å². The molecule has 0 radical (unpaired) electrons. The van der Waals surface area contributed by atoms with Gasteiger partial charge >= 0.3 is 17.9 Å². The Kier molecular flexibility index (Phi) is 9.12. The Labute approximate surface area is 185 Å². The Hall–Kier alpha value is -2.33. The van der Waals surface area contributed by atoms with Gasteiger partial charge in [-0.2, -0.15) is 0 Å². The lowest BCUT2D eigenvalue weighted by Crippen LogP contribution is -2.46. The molecule has 2 aliphatic rings. The van der Waals surface area contributed by atoms with Crippen molar-refractivity contribution >= 4 is 17.9 Å². The van der Waals surface area contributed by atoms with E-state index >= 15 is 0 Å². The van der Waals surface area contributed by atoms with E-state index in [-0.39, 0.29) is 18.8 Å². The summed E-state index contributed by atoms with van der Waals surface area (Å²) < 4.78 is 16.1. The highest BCUT2D eigenvalue weighted by molar-refractivity contribution is 6.03. The van der Waals surface area contributed by atoms with Gasteiger partial charge in [-0.1, -0.05) is 26.7 Å². The molecular formula is C25H36O6. The number of carbonyl (C=O) groups excluding carboxylic acids is 3. The maximum atomic E-state index is 12.8. The standard InChI is InChI=1S/C25H36O6/c1-5-7-8-10-13-19-14-17-24(22(27)29-3,23(28)30-4)18-20(19)25(31-21(26)6-2)15-11-9-12-16-25/h10,18H,5-9,11-12,14-17H2,1-4H3. The van der Waals surface area contributed by atoms with Crippen LogP contribution in [0.15, 0.2) is 29.0 Å². The molecule has 0 aromatic rings. The first-order valence-electron chi connectivity index (χ1n) is 11.5. The van der Waals surface area contributed by atoms with Gasteiger partial charge in [-0.05, 0) is 63.5 Å². The van der Waals surface area contributed by atoms with Gasteiger partial charge in [-0.25, -0.2) is 0 Å². The van der Waals surface area contributed by atoms with Crippen LogP contribution in [0.4, 0.5) is 0 Å². The number of methoxy groups -OCH3 is 2. The topological polar surface area (TPSA) is 78.9 Å². The molecule has 0 heterocycles. The third kappa shape index (κ3) is 5.48. The van der Waals surface area contributed by atoms with E-state index in [1.165, 1.54) is 14.2 Å². The fraction of sp³-hybridized carbons (Fsp3) is 0.680. The van der Waals surface area contributed by atoms with E-state index in [2.05, 4.69) is 12.7 Å². The molecule has 0 amide bonds. The van der Waals surface area contributed by atoms with Gasteiger partial charge in [0.25, 0.3) is 0 Å². The lowest BCUT2D eigenvalue weighted by molar-refractivity contribution is -0.166. The molecule has 0 aliphatic heterocycles. The number of carbonyl (C=O) groups is 3. The molecule has 31 heavy (non-hydrogen) atoms. The fourth-order valence-corrected chi connectivity index (χ4v) is 4.53. The Morgan fingerprint density at radius 1 is 1.03 bits per heavy atom. The zero-order valence-corrected chi connectivity index (χ0v) is 19.4. The van der Waals surface area contributed by atoms with Crippen LogP contribution in [0.1, 0.15) is 84.5 Å². The van der Waals surface area contributed by atoms with E-state index in [0.717, 1.165) is 44.1 Å². The summed E-state index contributed by atoms with van der Waals surface area (Å²) in [5.41, 5.74) is 2.60. The third-order valence-corrected chi connectivity index (χ3v) is 6.31. The molecule has 0 unspecified atom stereocenters. The summed E-state index contributed by atoms with van der Waals surface area (Å²) in [6.07, 6.45) is 11.8. The number of unbranched alkanes of at least 4 members (excludes halogenated alkanes) is 2.